The van der Waals surface area contributed by atoms with Crippen LogP contribution in [0.3, 0.4) is 0 Å². The lowest BCUT2D eigenvalue weighted by Crippen LogP contribution is -2.36. The summed E-state index contributed by atoms with van der Waals surface area (Å²) < 4.78 is 3.38. The van der Waals surface area contributed by atoms with Crippen molar-refractivity contribution in [2.75, 3.05) is 31.2 Å². The number of anilines is 1. The summed E-state index contributed by atoms with van der Waals surface area (Å²) in [6.45, 7) is 3.12. The van der Waals surface area contributed by atoms with Crippen LogP contribution < -0.4 is 4.90 Å². The number of morpholine rings is 1. The van der Waals surface area contributed by atoms with Gasteiger partial charge < -0.3 is 9.64 Å². The topological polar surface area (TPSA) is 29.5 Å². The Morgan fingerprint density at radius 1 is 1.11 bits per heavy atom. The highest BCUT2D eigenvalue weighted by atomic mass is 35.6. The van der Waals surface area contributed by atoms with E-state index < -0.39 is 9.58 Å². The van der Waals surface area contributed by atoms with Crippen molar-refractivity contribution < 1.29 is 9.53 Å². The van der Waals surface area contributed by atoms with E-state index in [1.54, 1.807) is 12.1 Å². The highest BCUT2D eigenvalue weighted by molar-refractivity contribution is 6.77. The van der Waals surface area contributed by atoms with Crippen LogP contribution in [-0.4, -0.2) is 35.9 Å². The van der Waals surface area contributed by atoms with Gasteiger partial charge in [0.05, 0.1) is 13.2 Å². The summed E-state index contributed by atoms with van der Waals surface area (Å²) in [6, 6.07) is 7.06. The Bertz CT molecular complexity index is 422. The van der Waals surface area contributed by atoms with Crippen molar-refractivity contribution in [3.8, 4) is 0 Å². The van der Waals surface area contributed by atoms with Crippen LogP contribution in [0.25, 0.3) is 0 Å². The summed E-state index contributed by atoms with van der Waals surface area (Å²) in [6.07, 6.45) is 0. The third-order valence-electron chi connectivity index (χ3n) is 2.76. The molecule has 18 heavy (non-hydrogen) atoms. The molecule has 1 saturated heterocycles. The Morgan fingerprint density at radius 3 is 2.17 bits per heavy atom. The molecule has 3 nitrogen and oxygen atoms in total. The smallest absolute Gasteiger partial charge is 0.253 e. The summed E-state index contributed by atoms with van der Waals surface area (Å²) in [4.78, 5) is 13.9. The Hall–Kier alpha value is -0.480. The molecule has 1 aromatic carbocycles. The van der Waals surface area contributed by atoms with Gasteiger partial charge in [-0.25, -0.2) is 0 Å². The largest absolute Gasteiger partial charge is 0.378 e. The predicted molar refractivity (Wildman–Crippen MR) is 74.1 cm³/mol. The zero-order valence-electron chi connectivity index (χ0n) is 9.54. The minimum absolute atomic E-state index is 0.395. The van der Waals surface area contributed by atoms with Gasteiger partial charge in [-0.05, 0) is 24.3 Å². The number of alkyl halides is 3. The number of ketones is 1. The van der Waals surface area contributed by atoms with Crippen molar-refractivity contribution in [2.45, 2.75) is 3.79 Å². The van der Waals surface area contributed by atoms with Crippen LogP contribution in [-0.2, 0) is 4.74 Å². The summed E-state index contributed by atoms with van der Waals surface area (Å²) >= 11 is 16.7. The van der Waals surface area contributed by atoms with Crippen LogP contribution in [0, 0.1) is 0 Å². The molecule has 1 fully saturated rings. The number of carbonyl (C=O) groups is 1. The Kier molecular flexibility index (Phi) is 4.38. The van der Waals surface area contributed by atoms with Crippen LogP contribution in [0.15, 0.2) is 24.3 Å². The van der Waals surface area contributed by atoms with Gasteiger partial charge in [-0.3, -0.25) is 4.79 Å². The molecule has 1 aliphatic heterocycles. The molecule has 0 spiro atoms. The van der Waals surface area contributed by atoms with Gasteiger partial charge >= 0.3 is 0 Å². The van der Waals surface area contributed by atoms with E-state index in [9.17, 15) is 4.79 Å². The summed E-state index contributed by atoms with van der Waals surface area (Å²) in [5, 5.41) is 0. The first-order valence-electron chi connectivity index (χ1n) is 5.53. The van der Waals surface area contributed by atoms with E-state index in [-0.39, 0.29) is 0 Å². The van der Waals surface area contributed by atoms with Crippen molar-refractivity contribution in [1.29, 1.82) is 0 Å². The van der Waals surface area contributed by atoms with Crippen molar-refractivity contribution in [3.05, 3.63) is 29.8 Å². The summed E-state index contributed by atoms with van der Waals surface area (Å²) in [7, 11) is 0. The van der Waals surface area contributed by atoms with Gasteiger partial charge in [-0.15, -0.1) is 0 Å². The van der Waals surface area contributed by atoms with Gasteiger partial charge in [0.15, 0.2) is 0 Å². The van der Waals surface area contributed by atoms with Crippen molar-refractivity contribution in [2.24, 2.45) is 0 Å². The van der Waals surface area contributed by atoms with Gasteiger partial charge in [0.2, 0.25) is 5.78 Å². The fraction of sp³-hybridized carbons (Fsp3) is 0.417. The van der Waals surface area contributed by atoms with E-state index in [1.807, 2.05) is 12.1 Å². The highest BCUT2D eigenvalue weighted by Gasteiger charge is 2.31. The maximum absolute atomic E-state index is 11.7. The third-order valence-corrected chi connectivity index (χ3v) is 3.28. The number of rotatable bonds is 2. The van der Waals surface area contributed by atoms with Crippen molar-refractivity contribution >= 4 is 46.3 Å². The lowest BCUT2D eigenvalue weighted by atomic mass is 10.1. The zero-order chi connectivity index (χ0) is 13.2. The molecule has 1 aliphatic rings. The van der Waals surface area contributed by atoms with Gasteiger partial charge in [-0.2, -0.15) is 0 Å². The molecule has 0 bridgehead atoms. The van der Waals surface area contributed by atoms with Gasteiger partial charge in [0, 0.05) is 24.3 Å². The van der Waals surface area contributed by atoms with Gasteiger partial charge in [-0.1, -0.05) is 34.8 Å². The maximum atomic E-state index is 11.7. The number of hydrogen-bond donors (Lipinski definition) is 0. The molecular weight excluding hydrogens is 296 g/mol. The molecule has 6 heteroatoms. The molecule has 98 valence electrons. The minimum Gasteiger partial charge on any atom is -0.378 e. The summed E-state index contributed by atoms with van der Waals surface area (Å²) in [5.74, 6) is -0.513. The fourth-order valence-electron chi connectivity index (χ4n) is 1.81. The molecule has 0 unspecified atom stereocenters. The molecule has 0 radical (unpaired) electrons. The van der Waals surface area contributed by atoms with Crippen LogP contribution in [0.5, 0.6) is 0 Å². The van der Waals surface area contributed by atoms with Crippen LogP contribution in [0.1, 0.15) is 10.4 Å². The molecule has 0 saturated carbocycles. The Labute approximate surface area is 121 Å². The molecular formula is C12H12Cl3NO2. The Morgan fingerprint density at radius 2 is 1.67 bits per heavy atom. The van der Waals surface area contributed by atoms with Crippen LogP contribution >= 0.6 is 34.8 Å². The van der Waals surface area contributed by atoms with E-state index in [2.05, 4.69) is 4.90 Å². The molecule has 0 amide bonds. The highest BCUT2D eigenvalue weighted by Crippen LogP contribution is 2.31. The van der Waals surface area contributed by atoms with E-state index in [0.29, 0.717) is 5.56 Å². The normalized spacial score (nSPS) is 16.7. The Balaban J connectivity index is 2.12. The number of hydrogen-bond acceptors (Lipinski definition) is 3. The van der Waals surface area contributed by atoms with E-state index in [1.165, 1.54) is 0 Å². The van der Waals surface area contributed by atoms with Crippen LogP contribution in [0.4, 0.5) is 5.69 Å². The minimum atomic E-state index is -1.90. The molecule has 0 aromatic heterocycles. The van der Waals surface area contributed by atoms with Crippen LogP contribution in [0.2, 0.25) is 0 Å². The first kappa shape index (κ1) is 13.9. The van der Waals surface area contributed by atoms with E-state index in [0.717, 1.165) is 32.0 Å². The maximum Gasteiger partial charge on any atom is 0.253 e. The number of carbonyl (C=O) groups excluding carboxylic acids is 1. The van der Waals surface area contributed by atoms with Gasteiger partial charge in [0.1, 0.15) is 0 Å². The molecule has 0 N–H and O–H groups in total. The lowest BCUT2D eigenvalue weighted by Gasteiger charge is -2.28. The second-order valence-corrected chi connectivity index (χ2v) is 6.25. The number of Topliss-reactive ketones (excluding diaryl/α,β-unsaturated/α-hetero) is 1. The molecule has 1 heterocycles. The summed E-state index contributed by atoms with van der Waals surface area (Å²) in [5.41, 5.74) is 1.44. The number of nitrogens with zero attached hydrogens (tertiary/aromatic N) is 1. The number of halogens is 3. The van der Waals surface area contributed by atoms with Crippen molar-refractivity contribution in [3.63, 3.8) is 0 Å². The predicted octanol–water partition coefficient (Wildman–Crippen LogP) is 3.08. The third kappa shape index (κ3) is 3.29. The second-order valence-electron chi connectivity index (χ2n) is 3.97. The van der Waals surface area contributed by atoms with Crippen molar-refractivity contribution in [1.82, 2.24) is 0 Å². The first-order valence-corrected chi connectivity index (χ1v) is 6.66. The first-order chi connectivity index (χ1) is 8.48. The fourth-order valence-corrected chi connectivity index (χ4v) is 2.14. The lowest BCUT2D eigenvalue weighted by molar-refractivity contribution is 0.0996. The molecule has 1 aromatic rings. The second kappa shape index (κ2) is 5.66. The zero-order valence-corrected chi connectivity index (χ0v) is 11.8. The van der Waals surface area contributed by atoms with E-state index >= 15 is 0 Å². The number of ether oxygens (including phenoxy) is 1. The molecule has 0 atom stereocenters. The molecule has 2 rings (SSSR count). The SMILES string of the molecule is O=C(c1ccc(N2CCOCC2)cc1)C(Cl)(Cl)Cl. The van der Waals surface area contributed by atoms with Gasteiger partial charge in [0.25, 0.3) is 3.79 Å². The average molecular weight is 309 g/mol. The van der Waals surface area contributed by atoms with E-state index in [4.69, 9.17) is 39.5 Å². The standard InChI is InChI=1S/C12H12Cl3NO2/c13-12(14,15)11(17)9-1-3-10(4-2-9)16-5-7-18-8-6-16/h1-4H,5-8H2. The molecule has 0 aliphatic carbocycles. The quantitative estimate of drug-likeness (QED) is 0.621. The monoisotopic (exact) mass is 307 g/mol. The average Bonchev–Trinajstić information content (AvgIpc) is 2.38. The number of benzene rings is 1.